The molecule has 0 aromatic heterocycles. The zero-order valence-corrected chi connectivity index (χ0v) is 11.7. The third-order valence-electron chi connectivity index (χ3n) is 3.38. The molecular weight excluding hydrogens is 288 g/mol. The van der Waals surface area contributed by atoms with Gasteiger partial charge in [0.05, 0.1) is 18.4 Å². The van der Waals surface area contributed by atoms with Crippen LogP contribution < -0.4 is 0 Å². The van der Waals surface area contributed by atoms with Crippen molar-refractivity contribution < 1.29 is 35.1 Å². The summed E-state index contributed by atoms with van der Waals surface area (Å²) in [5, 5.41) is 51.0. The standard InChI is InChI=1S/C11H20N2O8/c1-5(2)7(10(17)18)13(12-20)4-11(19)9(16)8(15)6(14)3-21-11/h5-9,14-16,19H,3-4H2,1-2H3,(H,17,18)/t6-,7+,8-,9+,11?/m1/s1. The Morgan fingerprint density at radius 1 is 1.43 bits per heavy atom. The fourth-order valence-electron chi connectivity index (χ4n) is 2.20. The molecule has 1 rings (SSSR count). The number of aliphatic carboxylic acids is 1. The number of carboxylic acid groups (broad SMARTS) is 1. The molecule has 0 aromatic rings. The number of aliphatic hydroxyl groups excluding tert-OH is 3. The lowest BCUT2D eigenvalue weighted by Gasteiger charge is -2.43. The van der Waals surface area contributed by atoms with Crippen LogP contribution in [0.3, 0.4) is 0 Å². The molecule has 1 saturated heterocycles. The molecule has 0 aliphatic carbocycles. The van der Waals surface area contributed by atoms with E-state index in [9.17, 15) is 30.1 Å². The van der Waals surface area contributed by atoms with Gasteiger partial charge in [0, 0.05) is 0 Å². The summed E-state index contributed by atoms with van der Waals surface area (Å²) in [6.45, 7) is 1.83. The summed E-state index contributed by atoms with van der Waals surface area (Å²) < 4.78 is 4.86. The molecule has 1 aliphatic rings. The summed E-state index contributed by atoms with van der Waals surface area (Å²) in [7, 11) is 0. The largest absolute Gasteiger partial charge is 0.480 e. The van der Waals surface area contributed by atoms with E-state index in [2.05, 4.69) is 5.29 Å². The molecule has 1 unspecified atom stereocenters. The predicted octanol–water partition coefficient (Wildman–Crippen LogP) is -2.12. The van der Waals surface area contributed by atoms with E-state index in [1.807, 2.05) is 0 Å². The van der Waals surface area contributed by atoms with Gasteiger partial charge in [-0.3, -0.25) is 0 Å². The minimum Gasteiger partial charge on any atom is -0.480 e. The van der Waals surface area contributed by atoms with Gasteiger partial charge in [0.1, 0.15) is 24.4 Å². The average Bonchev–Trinajstić information content (AvgIpc) is 2.39. The maximum atomic E-state index is 11.2. The molecule has 0 amide bonds. The summed E-state index contributed by atoms with van der Waals surface area (Å²) in [6, 6.07) is -1.34. The maximum absolute atomic E-state index is 11.2. The summed E-state index contributed by atoms with van der Waals surface area (Å²) in [5.41, 5.74) is 0. The summed E-state index contributed by atoms with van der Waals surface area (Å²) in [4.78, 5) is 22.0. The summed E-state index contributed by atoms with van der Waals surface area (Å²) >= 11 is 0. The number of hydrogen-bond donors (Lipinski definition) is 5. The second kappa shape index (κ2) is 6.62. The van der Waals surface area contributed by atoms with Gasteiger partial charge in [-0.2, -0.15) is 0 Å². The smallest absolute Gasteiger partial charge is 0.328 e. The molecule has 0 spiro atoms. The number of carbonyl (C=O) groups is 1. The van der Waals surface area contributed by atoms with Gasteiger partial charge in [-0.25, -0.2) is 9.80 Å². The average molecular weight is 308 g/mol. The highest BCUT2D eigenvalue weighted by atomic mass is 16.6. The van der Waals surface area contributed by atoms with Gasteiger partial charge in [-0.15, -0.1) is 4.91 Å². The van der Waals surface area contributed by atoms with Crippen LogP contribution in [-0.4, -0.2) is 79.8 Å². The van der Waals surface area contributed by atoms with Crippen molar-refractivity contribution in [3.8, 4) is 0 Å². The first kappa shape index (κ1) is 17.7. The Labute approximate surface area is 120 Å². The molecule has 10 heteroatoms. The molecule has 0 aromatic carbocycles. The van der Waals surface area contributed by atoms with Crippen LogP contribution in [0.1, 0.15) is 13.8 Å². The van der Waals surface area contributed by atoms with Crippen molar-refractivity contribution in [2.45, 2.75) is 44.0 Å². The van der Waals surface area contributed by atoms with E-state index >= 15 is 0 Å². The van der Waals surface area contributed by atoms with E-state index < -0.39 is 55.2 Å². The molecule has 21 heavy (non-hydrogen) atoms. The van der Waals surface area contributed by atoms with Gasteiger partial charge in [-0.05, 0) is 5.92 Å². The van der Waals surface area contributed by atoms with Crippen LogP contribution in [-0.2, 0) is 9.53 Å². The molecule has 1 aliphatic heterocycles. The number of ether oxygens (including phenoxy) is 1. The van der Waals surface area contributed by atoms with Crippen LogP contribution in [0.15, 0.2) is 5.29 Å². The Balaban J connectivity index is 2.94. The summed E-state index contributed by atoms with van der Waals surface area (Å²) in [5.74, 6) is -4.27. The van der Waals surface area contributed by atoms with Gasteiger partial charge < -0.3 is 30.3 Å². The topological polar surface area (TPSA) is 160 Å². The highest BCUT2D eigenvalue weighted by Gasteiger charge is 2.51. The first-order valence-electron chi connectivity index (χ1n) is 6.37. The quantitative estimate of drug-likeness (QED) is 0.273. The SMILES string of the molecule is CC(C)[C@@H](C(=O)O)N(CC1(O)OC[C@@H](O)[C@@H](O)[C@@H]1O)N=O. The normalized spacial score (nSPS) is 34.5. The fraction of sp³-hybridized carbons (Fsp3) is 0.909. The molecule has 122 valence electrons. The zero-order valence-electron chi connectivity index (χ0n) is 11.7. The van der Waals surface area contributed by atoms with Gasteiger partial charge >= 0.3 is 5.97 Å². The molecule has 0 saturated carbocycles. The number of aliphatic hydroxyl groups is 4. The molecule has 1 fully saturated rings. The molecule has 0 radical (unpaired) electrons. The van der Waals surface area contributed by atoms with E-state index in [1.165, 1.54) is 13.8 Å². The zero-order chi connectivity index (χ0) is 16.4. The van der Waals surface area contributed by atoms with Gasteiger partial charge in [0.15, 0.2) is 0 Å². The second-order valence-corrected chi connectivity index (χ2v) is 5.36. The van der Waals surface area contributed by atoms with Crippen LogP contribution in [0.5, 0.6) is 0 Å². The Bertz CT molecular complexity index is 392. The number of nitroso groups, excluding NO2 is 1. The Morgan fingerprint density at radius 2 is 2.00 bits per heavy atom. The lowest BCUT2D eigenvalue weighted by Crippen LogP contribution is -2.65. The Morgan fingerprint density at radius 3 is 2.43 bits per heavy atom. The van der Waals surface area contributed by atoms with Gasteiger partial charge in [-0.1, -0.05) is 13.8 Å². The van der Waals surface area contributed by atoms with Crippen molar-refractivity contribution in [1.82, 2.24) is 5.01 Å². The third kappa shape index (κ3) is 3.66. The molecule has 5 N–H and O–H groups in total. The predicted molar refractivity (Wildman–Crippen MR) is 67.7 cm³/mol. The number of carboxylic acids is 1. The fourth-order valence-corrected chi connectivity index (χ4v) is 2.20. The molecule has 0 bridgehead atoms. The van der Waals surface area contributed by atoms with E-state index in [4.69, 9.17) is 9.84 Å². The molecular formula is C11H20N2O8. The lowest BCUT2D eigenvalue weighted by atomic mass is 9.95. The van der Waals surface area contributed by atoms with Gasteiger partial charge in [0.2, 0.25) is 5.79 Å². The Hall–Kier alpha value is -1.33. The van der Waals surface area contributed by atoms with E-state index in [1.54, 1.807) is 0 Å². The number of nitrogens with zero attached hydrogens (tertiary/aromatic N) is 2. The highest BCUT2D eigenvalue weighted by Crippen LogP contribution is 2.26. The summed E-state index contributed by atoms with van der Waals surface area (Å²) in [6.07, 6.45) is -5.02. The minimum absolute atomic E-state index is 0.485. The first-order valence-corrected chi connectivity index (χ1v) is 6.37. The van der Waals surface area contributed by atoms with Crippen LogP contribution >= 0.6 is 0 Å². The monoisotopic (exact) mass is 308 g/mol. The first-order chi connectivity index (χ1) is 9.64. The van der Waals surface area contributed by atoms with Crippen molar-refractivity contribution in [2.75, 3.05) is 13.2 Å². The van der Waals surface area contributed by atoms with Crippen molar-refractivity contribution >= 4 is 5.97 Å². The highest BCUT2D eigenvalue weighted by molar-refractivity contribution is 5.73. The molecule has 1 heterocycles. The Kier molecular flexibility index (Phi) is 5.59. The van der Waals surface area contributed by atoms with Crippen molar-refractivity contribution in [2.24, 2.45) is 11.2 Å². The molecule has 5 atom stereocenters. The van der Waals surface area contributed by atoms with Crippen LogP contribution in [0, 0.1) is 10.8 Å². The van der Waals surface area contributed by atoms with Crippen molar-refractivity contribution in [3.63, 3.8) is 0 Å². The van der Waals surface area contributed by atoms with E-state index in [-0.39, 0.29) is 0 Å². The second-order valence-electron chi connectivity index (χ2n) is 5.36. The molecule has 10 nitrogen and oxygen atoms in total. The van der Waals surface area contributed by atoms with Crippen LogP contribution in [0.2, 0.25) is 0 Å². The van der Waals surface area contributed by atoms with Crippen LogP contribution in [0.25, 0.3) is 0 Å². The minimum atomic E-state index is -2.42. The number of rotatable bonds is 6. The van der Waals surface area contributed by atoms with Crippen LogP contribution in [0.4, 0.5) is 0 Å². The number of hydrogen-bond acceptors (Lipinski definition) is 8. The third-order valence-corrected chi connectivity index (χ3v) is 3.38. The van der Waals surface area contributed by atoms with Crippen molar-refractivity contribution in [3.05, 3.63) is 4.91 Å². The van der Waals surface area contributed by atoms with Crippen molar-refractivity contribution in [1.29, 1.82) is 0 Å². The lowest BCUT2D eigenvalue weighted by molar-refractivity contribution is -0.326. The van der Waals surface area contributed by atoms with E-state index in [0.717, 1.165) is 0 Å². The van der Waals surface area contributed by atoms with E-state index in [0.29, 0.717) is 5.01 Å². The maximum Gasteiger partial charge on any atom is 0.328 e. The van der Waals surface area contributed by atoms with Gasteiger partial charge in [0.25, 0.3) is 0 Å².